The molecule has 0 aliphatic carbocycles. The highest BCUT2D eigenvalue weighted by Gasteiger charge is 2.25. The van der Waals surface area contributed by atoms with Crippen LogP contribution in [0.2, 0.25) is 0 Å². The Kier molecular flexibility index (Phi) is 3.26. The van der Waals surface area contributed by atoms with Gasteiger partial charge < -0.3 is 15.5 Å². The van der Waals surface area contributed by atoms with Gasteiger partial charge in [0.25, 0.3) is 0 Å². The topological polar surface area (TPSA) is 71.5 Å². The second kappa shape index (κ2) is 4.67. The maximum absolute atomic E-state index is 11.6. The lowest BCUT2D eigenvalue weighted by Gasteiger charge is -2.36. The predicted octanol–water partition coefficient (Wildman–Crippen LogP) is 0.0997. The molecule has 1 aromatic rings. The van der Waals surface area contributed by atoms with Crippen LogP contribution in [0.3, 0.4) is 0 Å². The van der Waals surface area contributed by atoms with E-state index in [9.17, 15) is 4.79 Å². The summed E-state index contributed by atoms with van der Waals surface area (Å²) in [6.07, 6.45) is 1.60. The van der Waals surface area contributed by atoms with Gasteiger partial charge >= 0.3 is 0 Å². The molecule has 1 amide bonds. The summed E-state index contributed by atoms with van der Waals surface area (Å²) >= 11 is 0. The molecule has 0 radical (unpaired) electrons. The van der Waals surface area contributed by atoms with Crippen LogP contribution in [0.5, 0.6) is 0 Å². The van der Waals surface area contributed by atoms with E-state index < -0.39 is 0 Å². The summed E-state index contributed by atoms with van der Waals surface area (Å²) in [5.74, 6) is 0.782. The van der Waals surface area contributed by atoms with E-state index in [-0.39, 0.29) is 18.0 Å². The molecule has 88 valence electrons. The molecule has 1 fully saturated rings. The lowest BCUT2D eigenvalue weighted by atomic mass is 10.1. The Labute approximate surface area is 94.6 Å². The Bertz CT molecular complexity index is 344. The average molecular weight is 223 g/mol. The summed E-state index contributed by atoms with van der Waals surface area (Å²) in [5.41, 5.74) is 5.63. The third-order valence-corrected chi connectivity index (χ3v) is 2.70. The Morgan fingerprint density at radius 2 is 2.50 bits per heavy atom. The van der Waals surface area contributed by atoms with Crippen LogP contribution in [0.15, 0.2) is 22.8 Å². The number of carbonyl (C=O) groups excluding carboxylic acids is 1. The van der Waals surface area contributed by atoms with Gasteiger partial charge in [0.1, 0.15) is 5.76 Å². The molecule has 5 nitrogen and oxygen atoms in total. The number of nitrogens with zero attached hydrogens (tertiary/aromatic N) is 1. The van der Waals surface area contributed by atoms with E-state index in [0.717, 1.165) is 18.8 Å². The van der Waals surface area contributed by atoms with Crippen molar-refractivity contribution in [3.63, 3.8) is 0 Å². The Balaban J connectivity index is 1.75. The zero-order valence-corrected chi connectivity index (χ0v) is 9.35. The van der Waals surface area contributed by atoms with Crippen molar-refractivity contribution in [2.75, 3.05) is 19.6 Å². The highest BCUT2D eigenvalue weighted by Crippen LogP contribution is 2.12. The van der Waals surface area contributed by atoms with Gasteiger partial charge in [0.05, 0.1) is 18.8 Å². The van der Waals surface area contributed by atoms with Crippen LogP contribution in [0.25, 0.3) is 0 Å². The molecule has 16 heavy (non-hydrogen) atoms. The van der Waals surface area contributed by atoms with Gasteiger partial charge in [-0.05, 0) is 19.1 Å². The van der Waals surface area contributed by atoms with Gasteiger partial charge in [0.2, 0.25) is 5.91 Å². The molecule has 0 spiro atoms. The van der Waals surface area contributed by atoms with Crippen LogP contribution in [-0.2, 0) is 4.79 Å². The number of nitrogens with one attached hydrogen (secondary N) is 1. The molecule has 3 N–H and O–H groups in total. The van der Waals surface area contributed by atoms with Crippen molar-refractivity contribution in [3.05, 3.63) is 24.2 Å². The van der Waals surface area contributed by atoms with Crippen molar-refractivity contribution in [2.24, 2.45) is 5.73 Å². The fraction of sp³-hybridized carbons (Fsp3) is 0.545. The standard InChI is InChI=1S/C11H17N3O2/c1-8(10-3-2-4-16-10)13-11(15)7-14-5-9(12)6-14/h2-4,8-9H,5-7,12H2,1H3,(H,13,15). The molecule has 1 aliphatic rings. The number of carbonyl (C=O) groups is 1. The molecule has 0 saturated carbocycles. The SMILES string of the molecule is CC(NC(=O)CN1CC(N)C1)c1ccco1. The van der Waals surface area contributed by atoms with Gasteiger partial charge in [0, 0.05) is 19.1 Å². The fourth-order valence-corrected chi connectivity index (χ4v) is 1.84. The zero-order chi connectivity index (χ0) is 11.5. The third-order valence-electron chi connectivity index (χ3n) is 2.70. The smallest absolute Gasteiger partial charge is 0.234 e. The number of hydrogen-bond donors (Lipinski definition) is 2. The molecular weight excluding hydrogens is 206 g/mol. The van der Waals surface area contributed by atoms with Crippen molar-refractivity contribution in [2.45, 2.75) is 19.0 Å². The Morgan fingerprint density at radius 3 is 3.06 bits per heavy atom. The summed E-state index contributed by atoms with van der Waals surface area (Å²) in [6, 6.07) is 3.81. The summed E-state index contributed by atoms with van der Waals surface area (Å²) < 4.78 is 5.21. The number of rotatable bonds is 4. The second-order valence-corrected chi connectivity index (χ2v) is 4.26. The number of nitrogens with two attached hydrogens (primary N) is 1. The first-order chi connectivity index (χ1) is 7.65. The Hall–Kier alpha value is -1.33. The summed E-state index contributed by atoms with van der Waals surface area (Å²) in [7, 11) is 0. The molecule has 1 aliphatic heterocycles. The van der Waals surface area contributed by atoms with Crippen molar-refractivity contribution in [1.82, 2.24) is 10.2 Å². The molecule has 2 rings (SSSR count). The maximum atomic E-state index is 11.6. The first kappa shape index (κ1) is 11.2. The Morgan fingerprint density at radius 1 is 1.75 bits per heavy atom. The zero-order valence-electron chi connectivity index (χ0n) is 9.35. The van der Waals surface area contributed by atoms with Crippen molar-refractivity contribution >= 4 is 5.91 Å². The lowest BCUT2D eigenvalue weighted by molar-refractivity contribution is -0.124. The second-order valence-electron chi connectivity index (χ2n) is 4.26. The monoisotopic (exact) mass is 223 g/mol. The van der Waals surface area contributed by atoms with Crippen LogP contribution >= 0.6 is 0 Å². The maximum Gasteiger partial charge on any atom is 0.234 e. The van der Waals surface area contributed by atoms with Gasteiger partial charge in [-0.2, -0.15) is 0 Å². The lowest BCUT2D eigenvalue weighted by Crippen LogP contribution is -2.58. The van der Waals surface area contributed by atoms with E-state index in [1.807, 2.05) is 24.0 Å². The fourth-order valence-electron chi connectivity index (χ4n) is 1.84. The van der Waals surface area contributed by atoms with E-state index in [1.54, 1.807) is 6.26 Å². The quantitative estimate of drug-likeness (QED) is 0.759. The highest BCUT2D eigenvalue weighted by atomic mass is 16.3. The van der Waals surface area contributed by atoms with Crippen molar-refractivity contribution in [1.29, 1.82) is 0 Å². The van der Waals surface area contributed by atoms with Gasteiger partial charge in [-0.15, -0.1) is 0 Å². The molecule has 1 saturated heterocycles. The molecule has 1 aromatic heterocycles. The summed E-state index contributed by atoms with van der Waals surface area (Å²) in [5, 5.41) is 2.88. The molecular formula is C11H17N3O2. The van der Waals surface area contributed by atoms with E-state index in [0.29, 0.717) is 6.54 Å². The van der Waals surface area contributed by atoms with E-state index in [1.165, 1.54) is 0 Å². The average Bonchev–Trinajstić information content (AvgIpc) is 2.67. The molecule has 2 heterocycles. The first-order valence-corrected chi connectivity index (χ1v) is 5.46. The van der Waals surface area contributed by atoms with Crippen molar-refractivity contribution < 1.29 is 9.21 Å². The summed E-state index contributed by atoms with van der Waals surface area (Å²) in [4.78, 5) is 13.6. The third kappa shape index (κ3) is 2.62. The van der Waals surface area contributed by atoms with Crippen LogP contribution in [0, 0.1) is 0 Å². The minimum atomic E-state index is -0.0857. The van der Waals surface area contributed by atoms with Gasteiger partial charge in [-0.3, -0.25) is 9.69 Å². The number of likely N-dealkylation sites (tertiary alicyclic amines) is 1. The van der Waals surface area contributed by atoms with Crippen molar-refractivity contribution in [3.8, 4) is 0 Å². The van der Waals surface area contributed by atoms with E-state index >= 15 is 0 Å². The minimum Gasteiger partial charge on any atom is -0.467 e. The van der Waals surface area contributed by atoms with Gasteiger partial charge in [0.15, 0.2) is 0 Å². The molecule has 0 aromatic carbocycles. The van der Waals surface area contributed by atoms with Crippen LogP contribution < -0.4 is 11.1 Å². The molecule has 5 heteroatoms. The predicted molar refractivity (Wildman–Crippen MR) is 59.7 cm³/mol. The largest absolute Gasteiger partial charge is 0.467 e. The molecule has 0 bridgehead atoms. The number of hydrogen-bond acceptors (Lipinski definition) is 4. The number of furan rings is 1. The molecule has 1 unspecified atom stereocenters. The number of amides is 1. The normalized spacial score (nSPS) is 19.1. The van der Waals surface area contributed by atoms with E-state index in [4.69, 9.17) is 10.2 Å². The minimum absolute atomic E-state index is 0.0100. The summed E-state index contributed by atoms with van der Waals surface area (Å²) in [6.45, 7) is 3.93. The first-order valence-electron chi connectivity index (χ1n) is 5.46. The van der Waals surface area contributed by atoms with Gasteiger partial charge in [-0.25, -0.2) is 0 Å². The van der Waals surface area contributed by atoms with Gasteiger partial charge in [-0.1, -0.05) is 0 Å². The van der Waals surface area contributed by atoms with Crippen LogP contribution in [0.1, 0.15) is 18.7 Å². The molecule has 1 atom stereocenters. The van der Waals surface area contributed by atoms with E-state index in [2.05, 4.69) is 5.32 Å². The highest BCUT2D eigenvalue weighted by molar-refractivity contribution is 5.78. The van der Waals surface area contributed by atoms with Crippen LogP contribution in [-0.4, -0.2) is 36.5 Å². The van der Waals surface area contributed by atoms with Crippen LogP contribution in [0.4, 0.5) is 0 Å².